The van der Waals surface area contributed by atoms with Crippen molar-refractivity contribution in [1.29, 1.82) is 0 Å². The number of piperidine rings is 1. The van der Waals surface area contributed by atoms with E-state index < -0.39 is 0 Å². The molecule has 1 unspecified atom stereocenters. The summed E-state index contributed by atoms with van der Waals surface area (Å²) in [6.07, 6.45) is 2.96. The summed E-state index contributed by atoms with van der Waals surface area (Å²) in [5.41, 5.74) is 1.64. The number of hydrogen-bond acceptors (Lipinski definition) is 2. The minimum atomic E-state index is -0.292. The van der Waals surface area contributed by atoms with Gasteiger partial charge in [0, 0.05) is 31.1 Å². The van der Waals surface area contributed by atoms with Crippen molar-refractivity contribution in [2.24, 2.45) is 11.8 Å². The van der Waals surface area contributed by atoms with Crippen molar-refractivity contribution in [3.05, 3.63) is 41.7 Å². The number of allylic oxidation sites excluding steroid dienone is 1. The second-order valence-electron chi connectivity index (χ2n) is 7.48. The monoisotopic (exact) mass is 360 g/mol. The average Bonchev–Trinajstić information content (AvgIpc) is 2.62. The van der Waals surface area contributed by atoms with Gasteiger partial charge in [0.1, 0.15) is 5.82 Å². The maximum absolute atomic E-state index is 13.0. The molecule has 26 heavy (non-hydrogen) atoms. The first-order valence-electron chi connectivity index (χ1n) is 9.31. The fourth-order valence-electron chi connectivity index (χ4n) is 2.94. The van der Waals surface area contributed by atoms with Gasteiger partial charge in [0.2, 0.25) is 11.8 Å². The quantitative estimate of drug-likeness (QED) is 0.815. The molecule has 5 heteroatoms. The predicted octanol–water partition coefficient (Wildman–Crippen LogP) is 3.63. The standard InChI is InChI=1S/C21H29FN2O2/c1-14(2)16(4)23-21(26)18-9-11-24(12-10-18)20(25)13-15(3)17-5-7-19(22)8-6-17/h5-8,13-14,16,18H,9-12H2,1-4H3,(H,23,26)/b15-13+. The Hall–Kier alpha value is -2.17. The third-order valence-corrected chi connectivity index (χ3v) is 5.19. The van der Waals surface area contributed by atoms with E-state index >= 15 is 0 Å². The summed E-state index contributed by atoms with van der Waals surface area (Å²) < 4.78 is 13.0. The van der Waals surface area contributed by atoms with Gasteiger partial charge >= 0.3 is 0 Å². The number of amides is 2. The lowest BCUT2D eigenvalue weighted by Crippen LogP contribution is -2.45. The summed E-state index contributed by atoms with van der Waals surface area (Å²) in [6, 6.07) is 6.27. The molecule has 0 spiro atoms. The van der Waals surface area contributed by atoms with Gasteiger partial charge in [0.15, 0.2) is 0 Å². The summed E-state index contributed by atoms with van der Waals surface area (Å²) >= 11 is 0. The van der Waals surface area contributed by atoms with E-state index in [0.717, 1.165) is 11.1 Å². The summed E-state index contributed by atoms with van der Waals surface area (Å²) in [6.45, 7) is 9.20. The maximum atomic E-state index is 13.0. The summed E-state index contributed by atoms with van der Waals surface area (Å²) in [7, 11) is 0. The molecule has 2 amide bonds. The predicted molar refractivity (Wildman–Crippen MR) is 102 cm³/mol. The van der Waals surface area contributed by atoms with Gasteiger partial charge in [-0.15, -0.1) is 0 Å². The van der Waals surface area contributed by atoms with Gasteiger partial charge in [0.05, 0.1) is 0 Å². The van der Waals surface area contributed by atoms with Crippen LogP contribution in [0.3, 0.4) is 0 Å². The molecule has 1 N–H and O–H groups in total. The highest BCUT2D eigenvalue weighted by Gasteiger charge is 2.27. The Morgan fingerprint density at radius 1 is 1.15 bits per heavy atom. The number of nitrogens with one attached hydrogen (secondary N) is 1. The lowest BCUT2D eigenvalue weighted by Gasteiger charge is -2.31. The molecule has 1 saturated heterocycles. The molecule has 0 radical (unpaired) electrons. The van der Waals surface area contributed by atoms with E-state index in [1.807, 2.05) is 13.8 Å². The van der Waals surface area contributed by atoms with E-state index in [1.165, 1.54) is 12.1 Å². The zero-order valence-electron chi connectivity index (χ0n) is 16.1. The van der Waals surface area contributed by atoms with E-state index in [-0.39, 0.29) is 29.6 Å². The SMILES string of the molecule is C/C(=C\C(=O)N1CCC(C(=O)NC(C)C(C)C)CC1)c1ccc(F)cc1. The summed E-state index contributed by atoms with van der Waals surface area (Å²) in [5, 5.41) is 3.07. The van der Waals surface area contributed by atoms with Gasteiger partial charge in [-0.1, -0.05) is 26.0 Å². The molecular weight excluding hydrogens is 331 g/mol. The normalized spacial score (nSPS) is 17.3. The number of rotatable bonds is 5. The summed E-state index contributed by atoms with van der Waals surface area (Å²) in [5.74, 6) is 0.125. The zero-order valence-corrected chi connectivity index (χ0v) is 16.1. The number of benzene rings is 1. The van der Waals surface area contributed by atoms with E-state index in [2.05, 4.69) is 19.2 Å². The van der Waals surface area contributed by atoms with Crippen LogP contribution >= 0.6 is 0 Å². The van der Waals surface area contributed by atoms with Gasteiger partial charge in [-0.05, 0) is 55.9 Å². The van der Waals surface area contributed by atoms with Crippen LogP contribution in [-0.2, 0) is 9.59 Å². The first kappa shape index (κ1) is 20.1. The van der Waals surface area contributed by atoms with Crippen molar-refractivity contribution >= 4 is 17.4 Å². The molecule has 1 aromatic carbocycles. The smallest absolute Gasteiger partial charge is 0.246 e. The van der Waals surface area contributed by atoms with Crippen LogP contribution < -0.4 is 5.32 Å². The molecule has 142 valence electrons. The van der Waals surface area contributed by atoms with Crippen LogP contribution in [0.5, 0.6) is 0 Å². The molecule has 2 rings (SSSR count). The molecule has 0 aromatic heterocycles. The molecule has 0 saturated carbocycles. The Balaban J connectivity index is 1.88. The molecule has 1 heterocycles. The van der Waals surface area contributed by atoms with Gasteiger partial charge < -0.3 is 10.2 Å². The molecule has 4 nitrogen and oxygen atoms in total. The first-order chi connectivity index (χ1) is 12.3. The fourth-order valence-corrected chi connectivity index (χ4v) is 2.94. The van der Waals surface area contributed by atoms with Gasteiger partial charge in [0.25, 0.3) is 0 Å². The van der Waals surface area contributed by atoms with E-state index in [9.17, 15) is 14.0 Å². The van der Waals surface area contributed by atoms with Crippen molar-refractivity contribution in [2.75, 3.05) is 13.1 Å². The Labute approximate surface area is 155 Å². The van der Waals surface area contributed by atoms with E-state index in [1.54, 1.807) is 23.1 Å². The minimum Gasteiger partial charge on any atom is -0.353 e. The molecule has 0 aliphatic carbocycles. The highest BCUT2D eigenvalue weighted by molar-refractivity contribution is 5.95. The Morgan fingerprint density at radius 3 is 2.27 bits per heavy atom. The number of likely N-dealkylation sites (tertiary alicyclic amines) is 1. The highest BCUT2D eigenvalue weighted by Crippen LogP contribution is 2.20. The minimum absolute atomic E-state index is 0.0255. The van der Waals surface area contributed by atoms with Crippen LogP contribution in [0.1, 0.15) is 46.1 Å². The van der Waals surface area contributed by atoms with Crippen LogP contribution in [0, 0.1) is 17.7 Å². The van der Waals surface area contributed by atoms with Crippen molar-refractivity contribution in [1.82, 2.24) is 10.2 Å². The molecule has 1 aliphatic heterocycles. The average molecular weight is 360 g/mol. The number of carbonyl (C=O) groups excluding carboxylic acids is 2. The van der Waals surface area contributed by atoms with Crippen molar-refractivity contribution in [3.63, 3.8) is 0 Å². The van der Waals surface area contributed by atoms with Crippen molar-refractivity contribution in [2.45, 2.75) is 46.6 Å². The Bertz CT molecular complexity index is 659. The van der Waals surface area contributed by atoms with E-state index in [4.69, 9.17) is 0 Å². The number of carbonyl (C=O) groups is 2. The largest absolute Gasteiger partial charge is 0.353 e. The number of hydrogen-bond donors (Lipinski definition) is 1. The lowest BCUT2D eigenvalue weighted by molar-refractivity contribution is -0.132. The molecule has 1 atom stereocenters. The lowest BCUT2D eigenvalue weighted by atomic mass is 9.94. The maximum Gasteiger partial charge on any atom is 0.246 e. The third kappa shape index (κ3) is 5.41. The highest BCUT2D eigenvalue weighted by atomic mass is 19.1. The van der Waals surface area contributed by atoms with Gasteiger partial charge in [-0.25, -0.2) is 4.39 Å². The molecular formula is C21H29FN2O2. The van der Waals surface area contributed by atoms with Gasteiger partial charge in [-0.2, -0.15) is 0 Å². The topological polar surface area (TPSA) is 49.4 Å². The van der Waals surface area contributed by atoms with Crippen LogP contribution in [0.4, 0.5) is 4.39 Å². The van der Waals surface area contributed by atoms with Crippen LogP contribution in [0.15, 0.2) is 30.3 Å². The van der Waals surface area contributed by atoms with Crippen LogP contribution in [0.25, 0.3) is 5.57 Å². The molecule has 1 fully saturated rings. The first-order valence-corrected chi connectivity index (χ1v) is 9.31. The molecule has 0 bridgehead atoms. The second-order valence-corrected chi connectivity index (χ2v) is 7.48. The third-order valence-electron chi connectivity index (χ3n) is 5.19. The molecule has 1 aromatic rings. The van der Waals surface area contributed by atoms with Gasteiger partial charge in [-0.3, -0.25) is 9.59 Å². The van der Waals surface area contributed by atoms with Crippen LogP contribution in [-0.4, -0.2) is 35.8 Å². The molecule has 1 aliphatic rings. The summed E-state index contributed by atoms with van der Waals surface area (Å²) in [4.78, 5) is 26.6. The number of nitrogens with zero attached hydrogens (tertiary/aromatic N) is 1. The fraction of sp³-hybridized carbons (Fsp3) is 0.524. The second kappa shape index (κ2) is 8.97. The Kier molecular flexibility index (Phi) is 6.95. The van der Waals surface area contributed by atoms with E-state index in [0.29, 0.717) is 31.8 Å². The van der Waals surface area contributed by atoms with Crippen molar-refractivity contribution in [3.8, 4) is 0 Å². The zero-order chi connectivity index (χ0) is 19.3. The number of halogens is 1. The van der Waals surface area contributed by atoms with Crippen LogP contribution in [0.2, 0.25) is 0 Å². The van der Waals surface area contributed by atoms with Crippen molar-refractivity contribution < 1.29 is 14.0 Å². The Morgan fingerprint density at radius 2 is 1.73 bits per heavy atom.